The third-order valence-corrected chi connectivity index (χ3v) is 7.49. The van der Waals surface area contributed by atoms with Crippen LogP contribution in [0.5, 0.6) is 0 Å². The summed E-state index contributed by atoms with van der Waals surface area (Å²) in [6.07, 6.45) is -5.80. The largest absolute Gasteiger partial charge is 0.490 e. The highest BCUT2D eigenvalue weighted by Crippen LogP contribution is 2.66. The van der Waals surface area contributed by atoms with Crippen LogP contribution in [0.2, 0.25) is 0 Å². The van der Waals surface area contributed by atoms with Gasteiger partial charge in [0.25, 0.3) is 5.56 Å². The summed E-state index contributed by atoms with van der Waals surface area (Å²) in [6, 6.07) is 2.34. The van der Waals surface area contributed by atoms with Gasteiger partial charge in [0.2, 0.25) is 0 Å². The van der Waals surface area contributed by atoms with E-state index in [1.54, 1.807) is 0 Å². The van der Waals surface area contributed by atoms with Crippen molar-refractivity contribution in [2.24, 2.45) is 0 Å². The van der Waals surface area contributed by atoms with Crippen LogP contribution >= 0.6 is 23.5 Å². The van der Waals surface area contributed by atoms with Crippen LogP contribution in [-0.4, -0.2) is 64.3 Å². The molecule has 1 aromatic rings. The summed E-state index contributed by atoms with van der Waals surface area (Å²) in [7, 11) is -16.8. The summed E-state index contributed by atoms with van der Waals surface area (Å²) in [4.78, 5) is 61.2. The van der Waals surface area contributed by atoms with Gasteiger partial charge in [0, 0.05) is 12.2 Å². The van der Waals surface area contributed by atoms with E-state index < -0.39 is 65.7 Å². The quantitative estimate of drug-likeness (QED) is 0.142. The lowest BCUT2D eigenvalue weighted by atomic mass is 10.0. The van der Waals surface area contributed by atoms with Gasteiger partial charge >= 0.3 is 29.2 Å². The number of aliphatic hydroxyl groups is 2. The smallest absolute Gasteiger partial charge is 0.387 e. The highest BCUT2D eigenvalue weighted by Gasteiger charge is 2.47. The first kappa shape index (κ1) is 26.8. The second-order valence-corrected chi connectivity index (χ2v) is 10.5. The molecule has 2 heterocycles. The predicted molar refractivity (Wildman–Crippen MR) is 99.6 cm³/mol. The monoisotopic (exact) mass is 522 g/mol. The van der Waals surface area contributed by atoms with Crippen LogP contribution in [-0.2, 0) is 31.6 Å². The van der Waals surface area contributed by atoms with Crippen molar-refractivity contribution in [2.75, 3.05) is 6.61 Å². The average Bonchev–Trinajstić information content (AvgIpc) is 2.87. The van der Waals surface area contributed by atoms with E-state index in [1.165, 1.54) is 6.92 Å². The number of ether oxygens (including phenoxy) is 1. The van der Waals surface area contributed by atoms with Gasteiger partial charge in [0.05, 0.1) is 12.2 Å². The number of phosphoric ester groups is 1. The molecule has 0 radical (unpaired) electrons. The number of rotatable bonds is 8. The number of aromatic amines is 1. The normalized spacial score (nSPS) is 27.2. The van der Waals surface area contributed by atoms with Crippen molar-refractivity contribution in [3.63, 3.8) is 0 Å². The Morgan fingerprint density at radius 3 is 2.28 bits per heavy atom. The number of nitrogens with zero attached hydrogens (tertiary/aromatic N) is 1. The lowest BCUT2D eigenvalue weighted by Gasteiger charge is -2.19. The molecule has 7 N–H and O–H groups in total. The SMILES string of the molecule is CC#Cn1cc([C@@H]2O[C@H](COP(=O)(O)OP(=O)(O)OP(=O)(O)O)[C@@H](O)[C@H]2O)c(=O)[nH]c1=O. The number of aromatic nitrogens is 2. The fourth-order valence-corrected chi connectivity index (χ4v) is 5.54. The van der Waals surface area contributed by atoms with Gasteiger partial charge in [-0.15, -0.1) is 0 Å². The Bertz CT molecular complexity index is 1170. The Balaban J connectivity index is 2.15. The maximum absolute atomic E-state index is 12.1. The topological polar surface area (TPSA) is 264 Å². The fourth-order valence-electron chi connectivity index (χ4n) is 2.51. The van der Waals surface area contributed by atoms with Crippen molar-refractivity contribution in [3.8, 4) is 12.0 Å². The zero-order valence-corrected chi connectivity index (χ0v) is 18.4. The van der Waals surface area contributed by atoms with Crippen LogP contribution in [0.4, 0.5) is 0 Å². The van der Waals surface area contributed by atoms with Crippen molar-refractivity contribution < 1.29 is 61.4 Å². The van der Waals surface area contributed by atoms with Gasteiger partial charge in [0.15, 0.2) is 0 Å². The first-order valence-electron chi connectivity index (χ1n) is 8.14. The van der Waals surface area contributed by atoms with E-state index in [9.17, 15) is 38.4 Å². The Morgan fingerprint density at radius 2 is 1.72 bits per heavy atom. The van der Waals surface area contributed by atoms with E-state index in [1.807, 2.05) is 4.98 Å². The summed E-state index contributed by atoms with van der Waals surface area (Å²) < 4.78 is 51.1. The number of H-pyrrole nitrogens is 1. The van der Waals surface area contributed by atoms with E-state index in [0.29, 0.717) is 0 Å². The summed E-state index contributed by atoms with van der Waals surface area (Å²) in [6.45, 7) is 0.339. The van der Waals surface area contributed by atoms with Crippen LogP contribution in [0, 0.1) is 12.0 Å². The highest BCUT2D eigenvalue weighted by molar-refractivity contribution is 7.66. The molecule has 0 spiro atoms. The number of hydrogen-bond acceptors (Lipinski definition) is 11. The summed E-state index contributed by atoms with van der Waals surface area (Å²) in [5, 5.41) is 20.3. The maximum Gasteiger partial charge on any atom is 0.490 e. The molecule has 20 heteroatoms. The minimum Gasteiger partial charge on any atom is -0.387 e. The molecule has 1 aliphatic heterocycles. The van der Waals surface area contributed by atoms with E-state index >= 15 is 0 Å². The van der Waals surface area contributed by atoms with Gasteiger partial charge in [-0.25, -0.2) is 23.1 Å². The Hall–Kier alpha value is -1.47. The minimum atomic E-state index is -5.75. The maximum atomic E-state index is 12.1. The molecule has 0 bridgehead atoms. The molecule has 2 rings (SSSR count). The first-order valence-corrected chi connectivity index (χ1v) is 12.7. The second kappa shape index (κ2) is 9.80. The molecule has 1 fully saturated rings. The molecule has 1 saturated heterocycles. The molecular formula is C12H17N2O15P3. The van der Waals surface area contributed by atoms with Gasteiger partial charge in [-0.1, -0.05) is 5.92 Å². The first-order chi connectivity index (χ1) is 14.6. The number of aliphatic hydroxyl groups excluding tert-OH is 2. The van der Waals surface area contributed by atoms with Gasteiger partial charge in [-0.05, 0) is 6.92 Å². The van der Waals surface area contributed by atoms with E-state index in [2.05, 4.69) is 25.1 Å². The molecule has 17 nitrogen and oxygen atoms in total. The third-order valence-electron chi connectivity index (χ3n) is 3.69. The Labute approximate surface area is 177 Å². The molecule has 0 aromatic carbocycles. The van der Waals surface area contributed by atoms with E-state index in [0.717, 1.165) is 10.8 Å². The van der Waals surface area contributed by atoms with Crippen molar-refractivity contribution >= 4 is 23.5 Å². The fraction of sp³-hybridized carbons (Fsp3) is 0.500. The molecule has 0 saturated carbocycles. The zero-order valence-electron chi connectivity index (χ0n) is 15.7. The third kappa shape index (κ3) is 7.01. The summed E-state index contributed by atoms with van der Waals surface area (Å²) in [5.41, 5.74) is -2.20. The van der Waals surface area contributed by atoms with E-state index in [-0.39, 0.29) is 5.56 Å². The molecule has 1 aromatic heterocycles. The van der Waals surface area contributed by atoms with Gasteiger partial charge < -0.3 is 34.5 Å². The predicted octanol–water partition coefficient (Wildman–Crippen LogP) is -2.13. The molecule has 2 unspecified atom stereocenters. The van der Waals surface area contributed by atoms with Crippen LogP contribution in [0.15, 0.2) is 15.8 Å². The molecule has 6 atom stereocenters. The summed E-state index contributed by atoms with van der Waals surface area (Å²) >= 11 is 0. The molecule has 180 valence electrons. The number of nitrogens with one attached hydrogen (secondary N) is 1. The van der Waals surface area contributed by atoms with Crippen molar-refractivity contribution in [1.29, 1.82) is 0 Å². The van der Waals surface area contributed by atoms with E-state index in [4.69, 9.17) is 19.4 Å². The highest BCUT2D eigenvalue weighted by atomic mass is 31.3. The molecule has 0 aliphatic carbocycles. The molecule has 1 aliphatic rings. The second-order valence-electron chi connectivity index (χ2n) is 6.04. The van der Waals surface area contributed by atoms with Gasteiger partial charge in [-0.3, -0.25) is 14.3 Å². The number of hydrogen-bond donors (Lipinski definition) is 7. The molecular weight excluding hydrogens is 505 g/mol. The van der Waals surface area contributed by atoms with Gasteiger partial charge in [-0.2, -0.15) is 8.62 Å². The molecule has 32 heavy (non-hydrogen) atoms. The number of phosphoric acid groups is 3. The standard InChI is InChI=1S/C12H17N2O15P3/c1-2-3-14-4-6(11(17)13-12(14)18)10-9(16)8(15)7(27-10)5-26-31(22,23)29-32(24,25)28-30(19,20)21/h4,7-10,15-16H,5H2,1H3,(H,22,23)(H,24,25)(H,13,17,18)(H2,19,20,21)/t7-,8-,9-,10+/m1/s1. The Morgan fingerprint density at radius 1 is 1.09 bits per heavy atom. The van der Waals surface area contributed by atoms with Crippen LogP contribution in [0.25, 0.3) is 0 Å². The van der Waals surface area contributed by atoms with Crippen LogP contribution in [0.3, 0.4) is 0 Å². The van der Waals surface area contributed by atoms with Gasteiger partial charge in [0.1, 0.15) is 24.4 Å². The minimum absolute atomic E-state index is 0.334. The van der Waals surface area contributed by atoms with Crippen molar-refractivity contribution in [3.05, 3.63) is 32.6 Å². The summed E-state index contributed by atoms with van der Waals surface area (Å²) in [5.74, 6) is 2.40. The van der Waals surface area contributed by atoms with Crippen molar-refractivity contribution in [1.82, 2.24) is 9.55 Å². The average molecular weight is 522 g/mol. The van der Waals surface area contributed by atoms with Crippen LogP contribution in [0.1, 0.15) is 18.6 Å². The van der Waals surface area contributed by atoms with Crippen LogP contribution < -0.4 is 11.2 Å². The lowest BCUT2D eigenvalue weighted by molar-refractivity contribution is -0.0228. The van der Waals surface area contributed by atoms with Crippen molar-refractivity contribution in [2.45, 2.75) is 31.3 Å². The zero-order chi connectivity index (χ0) is 24.5. The molecule has 0 amide bonds. The Kier molecular flexibility index (Phi) is 8.20. The lowest BCUT2D eigenvalue weighted by Crippen LogP contribution is -2.35.